The summed E-state index contributed by atoms with van der Waals surface area (Å²) in [6.07, 6.45) is 8.57. The van der Waals surface area contributed by atoms with E-state index in [4.69, 9.17) is 0 Å². The summed E-state index contributed by atoms with van der Waals surface area (Å²) in [4.78, 5) is 25.4. The van der Waals surface area contributed by atoms with Crippen molar-refractivity contribution in [3.05, 3.63) is 12.3 Å². The highest BCUT2D eigenvalue weighted by atomic mass is 16.1. The Hall–Kier alpha value is -1.69. The van der Waals surface area contributed by atoms with Crippen LogP contribution >= 0.6 is 0 Å². The van der Waals surface area contributed by atoms with Gasteiger partial charge in [0.15, 0.2) is 0 Å². The van der Waals surface area contributed by atoms with Gasteiger partial charge in [-0.2, -0.15) is 4.98 Å². The summed E-state index contributed by atoms with van der Waals surface area (Å²) in [5.74, 6) is 1.35. The van der Waals surface area contributed by atoms with Gasteiger partial charge in [-0.15, -0.1) is 0 Å². The second kappa shape index (κ2) is 7.73. The van der Waals surface area contributed by atoms with Crippen molar-refractivity contribution in [3.8, 4) is 0 Å². The van der Waals surface area contributed by atoms with Gasteiger partial charge in [0.1, 0.15) is 5.82 Å². The number of amides is 1. The summed E-state index contributed by atoms with van der Waals surface area (Å²) in [5.41, 5.74) is 0. The Labute approximate surface area is 138 Å². The van der Waals surface area contributed by atoms with Crippen LogP contribution in [-0.2, 0) is 4.79 Å². The standard InChI is InChI=1S/C17H27N5O/c1-2-5-16(23)19-15-8-9-18-17(20-15)22-12-10-21(11-13-22)14-6-3-4-7-14/h8-9,14H,2-7,10-13H2,1H3,(H,18,19,20,23). The minimum atomic E-state index is 0.0169. The number of hydrogen-bond donors (Lipinski definition) is 1. The van der Waals surface area contributed by atoms with Gasteiger partial charge in [0.25, 0.3) is 0 Å². The maximum Gasteiger partial charge on any atom is 0.227 e. The number of nitrogens with one attached hydrogen (secondary N) is 1. The van der Waals surface area contributed by atoms with Crippen LogP contribution in [0.3, 0.4) is 0 Å². The van der Waals surface area contributed by atoms with Gasteiger partial charge < -0.3 is 10.2 Å². The van der Waals surface area contributed by atoms with E-state index in [1.807, 2.05) is 6.92 Å². The Kier molecular flexibility index (Phi) is 5.43. The predicted octanol–water partition coefficient (Wildman–Crippen LogP) is 2.28. The van der Waals surface area contributed by atoms with Crippen LogP contribution in [0.25, 0.3) is 0 Å². The molecule has 0 radical (unpaired) electrons. The highest BCUT2D eigenvalue weighted by Gasteiger charge is 2.26. The molecular weight excluding hydrogens is 290 g/mol. The van der Waals surface area contributed by atoms with Crippen LogP contribution in [0.1, 0.15) is 45.4 Å². The first-order valence-corrected chi connectivity index (χ1v) is 8.88. The summed E-state index contributed by atoms with van der Waals surface area (Å²) in [5, 5.41) is 2.85. The Morgan fingerprint density at radius 1 is 1.26 bits per heavy atom. The fourth-order valence-corrected chi connectivity index (χ4v) is 3.56. The van der Waals surface area contributed by atoms with Crippen LogP contribution in [0.2, 0.25) is 0 Å². The number of anilines is 2. The predicted molar refractivity (Wildman–Crippen MR) is 91.6 cm³/mol. The summed E-state index contributed by atoms with van der Waals surface area (Å²) in [6.45, 7) is 6.08. The van der Waals surface area contributed by atoms with Crippen molar-refractivity contribution in [2.75, 3.05) is 36.4 Å². The molecule has 6 nitrogen and oxygen atoms in total. The number of carbonyl (C=O) groups is 1. The molecule has 1 aliphatic heterocycles. The van der Waals surface area contributed by atoms with E-state index in [1.165, 1.54) is 25.7 Å². The average Bonchev–Trinajstić information content (AvgIpc) is 3.10. The van der Waals surface area contributed by atoms with Gasteiger partial charge in [0.05, 0.1) is 0 Å². The van der Waals surface area contributed by atoms with E-state index in [-0.39, 0.29) is 5.91 Å². The Morgan fingerprint density at radius 3 is 2.70 bits per heavy atom. The third-order valence-electron chi connectivity index (χ3n) is 4.83. The summed E-state index contributed by atoms with van der Waals surface area (Å²) in [6, 6.07) is 2.55. The largest absolute Gasteiger partial charge is 0.338 e. The average molecular weight is 317 g/mol. The molecule has 0 unspecified atom stereocenters. The van der Waals surface area contributed by atoms with Crippen molar-refractivity contribution >= 4 is 17.7 Å². The monoisotopic (exact) mass is 317 g/mol. The zero-order valence-corrected chi connectivity index (χ0v) is 14.0. The van der Waals surface area contributed by atoms with Crippen LogP contribution in [-0.4, -0.2) is 53.0 Å². The number of carbonyl (C=O) groups excluding carboxylic acids is 1. The summed E-state index contributed by atoms with van der Waals surface area (Å²) < 4.78 is 0. The molecule has 1 aromatic heterocycles. The zero-order chi connectivity index (χ0) is 16.1. The molecule has 2 aliphatic rings. The van der Waals surface area contributed by atoms with Gasteiger partial charge in [-0.3, -0.25) is 9.69 Å². The first kappa shape index (κ1) is 16.2. The van der Waals surface area contributed by atoms with Crippen molar-refractivity contribution in [2.24, 2.45) is 0 Å². The topological polar surface area (TPSA) is 61.4 Å². The lowest BCUT2D eigenvalue weighted by Crippen LogP contribution is -2.50. The Morgan fingerprint density at radius 2 is 2.00 bits per heavy atom. The minimum Gasteiger partial charge on any atom is -0.338 e. The van der Waals surface area contributed by atoms with Gasteiger partial charge >= 0.3 is 0 Å². The molecule has 6 heteroatoms. The third-order valence-corrected chi connectivity index (χ3v) is 4.83. The molecule has 1 amide bonds. The third kappa shape index (κ3) is 4.19. The molecular formula is C17H27N5O. The molecule has 0 bridgehead atoms. The molecule has 3 rings (SSSR count). The summed E-state index contributed by atoms with van der Waals surface area (Å²) >= 11 is 0. The lowest BCUT2D eigenvalue weighted by molar-refractivity contribution is -0.116. The molecule has 0 aromatic carbocycles. The van der Waals surface area contributed by atoms with Gasteiger partial charge in [-0.25, -0.2) is 4.98 Å². The van der Waals surface area contributed by atoms with Gasteiger partial charge in [-0.1, -0.05) is 19.8 Å². The molecule has 2 fully saturated rings. The highest BCUT2D eigenvalue weighted by Crippen LogP contribution is 2.25. The molecule has 1 saturated heterocycles. The molecule has 1 saturated carbocycles. The smallest absolute Gasteiger partial charge is 0.227 e. The SMILES string of the molecule is CCCC(=O)Nc1ccnc(N2CCN(C3CCCC3)CC2)n1. The molecule has 1 N–H and O–H groups in total. The van der Waals surface area contributed by atoms with Crippen LogP contribution in [0.4, 0.5) is 11.8 Å². The van der Waals surface area contributed by atoms with Crippen LogP contribution in [0.5, 0.6) is 0 Å². The van der Waals surface area contributed by atoms with E-state index in [0.717, 1.165) is 44.6 Å². The number of aromatic nitrogens is 2. The van der Waals surface area contributed by atoms with Crippen molar-refractivity contribution in [2.45, 2.75) is 51.5 Å². The van der Waals surface area contributed by atoms with Crippen molar-refractivity contribution in [1.29, 1.82) is 0 Å². The first-order valence-electron chi connectivity index (χ1n) is 8.88. The van der Waals surface area contributed by atoms with Crippen molar-refractivity contribution in [1.82, 2.24) is 14.9 Å². The number of rotatable bonds is 5. The van der Waals surface area contributed by atoms with E-state index in [2.05, 4.69) is 25.1 Å². The van der Waals surface area contributed by atoms with Gasteiger partial charge in [-0.05, 0) is 25.3 Å². The van der Waals surface area contributed by atoms with E-state index in [0.29, 0.717) is 12.2 Å². The molecule has 0 atom stereocenters. The fraction of sp³-hybridized carbons (Fsp3) is 0.706. The second-order valence-electron chi connectivity index (χ2n) is 6.50. The van der Waals surface area contributed by atoms with Gasteiger partial charge in [0, 0.05) is 44.8 Å². The normalized spacial score (nSPS) is 20.0. The van der Waals surface area contributed by atoms with Crippen LogP contribution in [0.15, 0.2) is 12.3 Å². The van der Waals surface area contributed by atoms with Gasteiger partial charge in [0.2, 0.25) is 11.9 Å². The quantitative estimate of drug-likeness (QED) is 0.903. The Bertz CT molecular complexity index is 521. The Balaban J connectivity index is 1.56. The molecule has 126 valence electrons. The maximum atomic E-state index is 11.7. The van der Waals surface area contributed by atoms with Crippen LogP contribution in [0, 0.1) is 0 Å². The second-order valence-corrected chi connectivity index (χ2v) is 6.50. The zero-order valence-electron chi connectivity index (χ0n) is 14.0. The minimum absolute atomic E-state index is 0.0169. The molecule has 23 heavy (non-hydrogen) atoms. The lowest BCUT2D eigenvalue weighted by Gasteiger charge is -2.38. The maximum absolute atomic E-state index is 11.7. The highest BCUT2D eigenvalue weighted by molar-refractivity contribution is 5.89. The molecule has 0 spiro atoms. The molecule has 2 heterocycles. The van der Waals surface area contributed by atoms with Crippen molar-refractivity contribution in [3.63, 3.8) is 0 Å². The number of nitrogens with zero attached hydrogens (tertiary/aromatic N) is 4. The first-order chi connectivity index (χ1) is 11.3. The number of piperazine rings is 1. The fourth-order valence-electron chi connectivity index (χ4n) is 3.56. The van der Waals surface area contributed by atoms with E-state index < -0.39 is 0 Å². The van der Waals surface area contributed by atoms with Crippen LogP contribution < -0.4 is 10.2 Å². The van der Waals surface area contributed by atoms with Crippen molar-refractivity contribution < 1.29 is 4.79 Å². The lowest BCUT2D eigenvalue weighted by atomic mass is 10.2. The molecule has 1 aliphatic carbocycles. The van der Waals surface area contributed by atoms with E-state index in [1.54, 1.807) is 12.3 Å². The van der Waals surface area contributed by atoms with E-state index >= 15 is 0 Å². The summed E-state index contributed by atoms with van der Waals surface area (Å²) in [7, 11) is 0. The van der Waals surface area contributed by atoms with E-state index in [9.17, 15) is 4.79 Å². The molecule has 1 aromatic rings. The number of hydrogen-bond acceptors (Lipinski definition) is 5.